The summed E-state index contributed by atoms with van der Waals surface area (Å²) >= 11 is 0. The second kappa shape index (κ2) is 7.57. The molecule has 2 amide bonds. The Morgan fingerprint density at radius 1 is 1.24 bits per heavy atom. The summed E-state index contributed by atoms with van der Waals surface area (Å²) in [6.07, 6.45) is 2.99. The van der Waals surface area contributed by atoms with Crippen molar-refractivity contribution in [2.45, 2.75) is 39.4 Å². The third-order valence-electron chi connectivity index (χ3n) is 5.58. The molecular formula is C20H24N6O3. The van der Waals surface area contributed by atoms with E-state index < -0.39 is 5.91 Å². The zero-order valence-corrected chi connectivity index (χ0v) is 16.3. The number of nitrogens with two attached hydrogens (primary N) is 1. The molecule has 0 saturated heterocycles. The van der Waals surface area contributed by atoms with E-state index in [0.717, 1.165) is 23.1 Å². The average Bonchev–Trinajstić information content (AvgIpc) is 3.25. The minimum absolute atomic E-state index is 0.0243. The van der Waals surface area contributed by atoms with Crippen molar-refractivity contribution in [1.29, 1.82) is 0 Å². The van der Waals surface area contributed by atoms with E-state index in [1.54, 1.807) is 9.25 Å². The average molecular weight is 396 g/mol. The Hall–Kier alpha value is -3.36. The van der Waals surface area contributed by atoms with E-state index in [4.69, 9.17) is 5.73 Å². The molecule has 152 valence electrons. The third kappa shape index (κ3) is 3.43. The smallest absolute Gasteiger partial charge is 0.329 e. The lowest BCUT2D eigenvalue weighted by Gasteiger charge is -2.24. The molecule has 3 heterocycles. The molecule has 0 spiro atoms. The van der Waals surface area contributed by atoms with Crippen molar-refractivity contribution in [1.82, 2.24) is 24.2 Å². The summed E-state index contributed by atoms with van der Waals surface area (Å²) in [5.74, 6) is -0.502. The van der Waals surface area contributed by atoms with Crippen molar-refractivity contribution in [3.05, 3.63) is 52.2 Å². The number of benzene rings is 1. The second-order valence-corrected chi connectivity index (χ2v) is 7.36. The molecule has 0 bridgehead atoms. The van der Waals surface area contributed by atoms with E-state index in [1.165, 1.54) is 10.8 Å². The predicted molar refractivity (Wildman–Crippen MR) is 107 cm³/mol. The van der Waals surface area contributed by atoms with Gasteiger partial charge < -0.3 is 11.1 Å². The van der Waals surface area contributed by atoms with Gasteiger partial charge in [-0.25, -0.2) is 4.79 Å². The van der Waals surface area contributed by atoms with Crippen molar-refractivity contribution >= 4 is 22.8 Å². The van der Waals surface area contributed by atoms with Crippen molar-refractivity contribution in [2.24, 2.45) is 11.7 Å². The van der Waals surface area contributed by atoms with Crippen LogP contribution in [0.25, 0.3) is 11.0 Å². The normalized spacial score (nSPS) is 16.0. The number of rotatable bonds is 6. The fourth-order valence-corrected chi connectivity index (χ4v) is 4.07. The summed E-state index contributed by atoms with van der Waals surface area (Å²) in [4.78, 5) is 36.8. The van der Waals surface area contributed by atoms with Crippen LogP contribution >= 0.6 is 0 Å². The van der Waals surface area contributed by atoms with E-state index in [9.17, 15) is 14.4 Å². The number of primary amides is 1. The standard InChI is InChI=1S/C20H24N6O3/c1-2-24-15-5-3-4-6-16(15)25(20(24)29)12-18(27)22-10-13-7-8-26-17(9-13)14(11-23-26)19(21)28/h3-6,11,13H,2,7-10,12H2,1H3,(H2,21,28)(H,22,27)/t13-/m1/s1. The zero-order valence-electron chi connectivity index (χ0n) is 16.3. The van der Waals surface area contributed by atoms with Crippen molar-refractivity contribution in [3.8, 4) is 0 Å². The van der Waals surface area contributed by atoms with E-state index in [1.807, 2.05) is 31.2 Å². The van der Waals surface area contributed by atoms with E-state index >= 15 is 0 Å². The van der Waals surface area contributed by atoms with Gasteiger partial charge in [-0.15, -0.1) is 0 Å². The first kappa shape index (κ1) is 19.0. The highest BCUT2D eigenvalue weighted by Gasteiger charge is 2.25. The maximum absolute atomic E-state index is 12.7. The third-order valence-corrected chi connectivity index (χ3v) is 5.58. The molecule has 0 aliphatic carbocycles. The molecule has 9 heteroatoms. The molecule has 1 aliphatic heterocycles. The quantitative estimate of drug-likeness (QED) is 0.631. The van der Waals surface area contributed by atoms with Crippen LogP contribution in [0.3, 0.4) is 0 Å². The molecule has 29 heavy (non-hydrogen) atoms. The first-order valence-corrected chi connectivity index (χ1v) is 9.78. The Labute approximate surface area is 167 Å². The fourth-order valence-electron chi connectivity index (χ4n) is 4.07. The monoisotopic (exact) mass is 396 g/mol. The lowest BCUT2D eigenvalue weighted by Crippen LogP contribution is -2.37. The van der Waals surface area contributed by atoms with Crippen LogP contribution in [-0.2, 0) is 30.8 Å². The maximum Gasteiger partial charge on any atom is 0.329 e. The number of nitrogens with zero attached hydrogens (tertiary/aromatic N) is 4. The molecule has 4 rings (SSSR count). The zero-order chi connectivity index (χ0) is 20.5. The molecule has 0 saturated carbocycles. The van der Waals surface area contributed by atoms with Crippen molar-refractivity contribution < 1.29 is 9.59 Å². The number of fused-ring (bicyclic) bond motifs is 2. The van der Waals surface area contributed by atoms with Crippen LogP contribution in [-0.4, -0.2) is 37.3 Å². The Morgan fingerprint density at radius 2 is 1.97 bits per heavy atom. The number of aromatic nitrogens is 4. The van der Waals surface area contributed by atoms with Gasteiger partial charge in [0.15, 0.2) is 0 Å². The number of imidazole rings is 1. The number of amides is 2. The number of aryl methyl sites for hydroxylation is 2. The molecule has 0 radical (unpaired) electrons. The van der Waals surface area contributed by atoms with E-state index in [0.29, 0.717) is 31.6 Å². The fraction of sp³-hybridized carbons (Fsp3) is 0.400. The van der Waals surface area contributed by atoms with Crippen molar-refractivity contribution in [2.75, 3.05) is 6.54 Å². The van der Waals surface area contributed by atoms with Crippen LogP contribution in [0.1, 0.15) is 29.4 Å². The van der Waals surface area contributed by atoms with Gasteiger partial charge >= 0.3 is 5.69 Å². The predicted octanol–water partition coefficient (Wildman–Crippen LogP) is 0.497. The molecule has 1 aromatic carbocycles. The molecule has 2 aromatic heterocycles. The highest BCUT2D eigenvalue weighted by atomic mass is 16.2. The summed E-state index contributed by atoms with van der Waals surface area (Å²) < 4.78 is 4.98. The van der Waals surface area contributed by atoms with Gasteiger partial charge in [0.25, 0.3) is 5.91 Å². The summed E-state index contributed by atoms with van der Waals surface area (Å²) in [6, 6.07) is 7.48. The lowest BCUT2D eigenvalue weighted by molar-refractivity contribution is -0.121. The molecular weight excluding hydrogens is 372 g/mol. The van der Waals surface area contributed by atoms with Crippen LogP contribution in [0, 0.1) is 5.92 Å². The summed E-state index contributed by atoms with van der Waals surface area (Å²) in [5.41, 5.74) is 8.08. The van der Waals surface area contributed by atoms with Gasteiger partial charge in [-0.3, -0.25) is 23.4 Å². The minimum Gasteiger partial charge on any atom is -0.365 e. The van der Waals surface area contributed by atoms with Gasteiger partial charge in [-0.05, 0) is 37.8 Å². The largest absolute Gasteiger partial charge is 0.365 e. The van der Waals surface area contributed by atoms with Crippen molar-refractivity contribution in [3.63, 3.8) is 0 Å². The van der Waals surface area contributed by atoms with Crippen LogP contribution in [0.5, 0.6) is 0 Å². The first-order chi connectivity index (χ1) is 14.0. The number of hydrogen-bond acceptors (Lipinski definition) is 4. The molecule has 0 fully saturated rings. The molecule has 3 N–H and O–H groups in total. The molecule has 9 nitrogen and oxygen atoms in total. The number of hydrogen-bond donors (Lipinski definition) is 2. The van der Waals surface area contributed by atoms with Crippen LogP contribution in [0.15, 0.2) is 35.3 Å². The number of carbonyl (C=O) groups is 2. The second-order valence-electron chi connectivity index (χ2n) is 7.36. The van der Waals surface area contributed by atoms with Gasteiger partial charge in [0.1, 0.15) is 6.54 Å². The minimum atomic E-state index is -0.484. The van der Waals surface area contributed by atoms with E-state index in [2.05, 4.69) is 10.4 Å². The number of nitrogens with one attached hydrogen (secondary N) is 1. The Morgan fingerprint density at radius 3 is 2.66 bits per heavy atom. The molecule has 0 unspecified atom stereocenters. The highest BCUT2D eigenvalue weighted by Crippen LogP contribution is 2.22. The van der Waals surface area contributed by atoms with Gasteiger partial charge in [0, 0.05) is 19.6 Å². The first-order valence-electron chi connectivity index (χ1n) is 9.78. The highest BCUT2D eigenvalue weighted by molar-refractivity contribution is 5.93. The van der Waals surface area contributed by atoms with Gasteiger partial charge in [-0.2, -0.15) is 5.10 Å². The van der Waals surface area contributed by atoms with Gasteiger partial charge in [-0.1, -0.05) is 12.1 Å². The number of carbonyl (C=O) groups excluding carboxylic acids is 2. The Bertz CT molecular complexity index is 1140. The summed E-state index contributed by atoms with van der Waals surface area (Å²) in [7, 11) is 0. The number of para-hydroxylation sites is 2. The Kier molecular flexibility index (Phi) is 4.96. The molecule has 1 aliphatic rings. The SMILES string of the molecule is CCn1c(=O)n(CC(=O)NC[C@@H]2CCn3ncc(C(N)=O)c3C2)c2ccccc21. The molecule has 3 aromatic rings. The maximum atomic E-state index is 12.7. The van der Waals surface area contributed by atoms with Crippen LogP contribution < -0.4 is 16.7 Å². The lowest BCUT2D eigenvalue weighted by atomic mass is 9.94. The van der Waals surface area contributed by atoms with E-state index in [-0.39, 0.29) is 24.1 Å². The molecule has 1 atom stereocenters. The summed E-state index contributed by atoms with van der Waals surface area (Å²) in [5, 5.41) is 7.14. The van der Waals surface area contributed by atoms with Gasteiger partial charge in [0.2, 0.25) is 5.91 Å². The van der Waals surface area contributed by atoms with Crippen LogP contribution in [0.2, 0.25) is 0 Å². The Balaban J connectivity index is 1.43. The van der Waals surface area contributed by atoms with Crippen LogP contribution in [0.4, 0.5) is 0 Å². The topological polar surface area (TPSA) is 117 Å². The summed E-state index contributed by atoms with van der Waals surface area (Å²) in [6.45, 7) is 3.60. The van der Waals surface area contributed by atoms with Gasteiger partial charge in [0.05, 0.1) is 28.5 Å².